The fourth-order valence-electron chi connectivity index (χ4n) is 2.60. The van der Waals surface area contributed by atoms with Crippen molar-refractivity contribution in [3.63, 3.8) is 0 Å². The Hall–Kier alpha value is -0.920. The van der Waals surface area contributed by atoms with E-state index in [1.54, 1.807) is 41.5 Å². The van der Waals surface area contributed by atoms with Crippen molar-refractivity contribution >= 4 is 41.6 Å². The van der Waals surface area contributed by atoms with Gasteiger partial charge < -0.3 is 27.1 Å². The molecule has 0 radical (unpaired) electrons. The van der Waals surface area contributed by atoms with Crippen LogP contribution in [0.2, 0.25) is 0 Å². The van der Waals surface area contributed by atoms with Crippen LogP contribution in [0, 0.1) is 0 Å². The molecule has 0 atom stereocenters. The third kappa shape index (κ3) is 10.4. The van der Waals surface area contributed by atoms with Crippen molar-refractivity contribution in [2.75, 3.05) is 39.6 Å². The predicted molar refractivity (Wildman–Crippen MR) is 140 cm³/mol. The molecule has 0 bridgehead atoms. The molecule has 0 saturated heterocycles. The second-order valence-electron chi connectivity index (χ2n) is 6.47. The molecule has 1 aromatic rings. The van der Waals surface area contributed by atoms with Gasteiger partial charge in [0.05, 0.1) is 49.9 Å². The van der Waals surface area contributed by atoms with Crippen LogP contribution >= 0.6 is 15.5 Å². The van der Waals surface area contributed by atoms with Crippen LogP contribution in [0.1, 0.15) is 47.1 Å². The van der Waals surface area contributed by atoms with Gasteiger partial charge in [-0.15, -0.1) is 0 Å². The first-order valence-corrected chi connectivity index (χ1v) is 17.3. The maximum absolute atomic E-state index is 12.9. The first-order valence-electron chi connectivity index (χ1n) is 11.4. The minimum Gasteiger partial charge on any atom is -0.302 e. The summed E-state index contributed by atoms with van der Waals surface area (Å²) < 4.78 is 91.2. The topological polar surface area (TPSA) is 148 Å². The van der Waals surface area contributed by atoms with E-state index in [1.165, 1.54) is 30.3 Å². The molecule has 0 aliphatic rings. The molecule has 0 aliphatic carbocycles. The molecule has 208 valence electrons. The Bertz CT molecular complexity index is 1120. The first-order chi connectivity index (χ1) is 17.0. The van der Waals surface area contributed by atoms with E-state index in [0.717, 1.165) is 5.41 Å². The van der Waals surface area contributed by atoms with E-state index in [-0.39, 0.29) is 44.5 Å². The highest BCUT2D eigenvalue weighted by molar-refractivity contribution is 7.95. The van der Waals surface area contributed by atoms with Crippen LogP contribution in [0.15, 0.2) is 42.9 Å². The van der Waals surface area contributed by atoms with Crippen LogP contribution in [0.5, 0.6) is 0 Å². The standard InChI is InChI=1S/C20H36N2O10P2S2/c1-7-27-33(28-8-2,29-9-3)21-35(23,24)18-17-19-13-15-20(16-14-19)36(25,26)22-34(30-10-4,31-11-5)32-12-6/h13-18H,7-12H2,1-6H3/b18-17+. The molecule has 16 heteroatoms. The molecule has 0 amide bonds. The molecule has 0 spiro atoms. The van der Waals surface area contributed by atoms with Crippen LogP contribution in [-0.4, -0.2) is 56.5 Å². The van der Waals surface area contributed by atoms with E-state index in [9.17, 15) is 16.8 Å². The molecule has 0 aliphatic heterocycles. The molecular formula is C20H36N2O10P2S2. The van der Waals surface area contributed by atoms with Crippen LogP contribution in [0.3, 0.4) is 0 Å². The summed E-state index contributed by atoms with van der Waals surface area (Å²) in [6.45, 7) is 11.0. The molecule has 0 aromatic heterocycles. The van der Waals surface area contributed by atoms with Gasteiger partial charge in [0.15, 0.2) is 0 Å². The Morgan fingerprint density at radius 2 is 1.00 bits per heavy atom. The van der Waals surface area contributed by atoms with Gasteiger partial charge in [-0.2, -0.15) is 16.8 Å². The van der Waals surface area contributed by atoms with Gasteiger partial charge in [0.25, 0.3) is 20.0 Å². The zero-order valence-corrected chi connectivity index (χ0v) is 24.8. The summed E-state index contributed by atoms with van der Waals surface area (Å²) in [7, 11) is -15.3. The van der Waals surface area contributed by atoms with Crippen molar-refractivity contribution in [1.29, 1.82) is 0 Å². The Balaban J connectivity index is 3.32. The molecule has 0 N–H and O–H groups in total. The Kier molecular flexibility index (Phi) is 14.2. The van der Waals surface area contributed by atoms with Gasteiger partial charge in [0.2, 0.25) is 0 Å². The van der Waals surface area contributed by atoms with Gasteiger partial charge in [-0.1, -0.05) is 20.4 Å². The molecule has 1 aromatic carbocycles. The number of hydrogen-bond acceptors (Lipinski definition) is 10. The maximum atomic E-state index is 12.9. The summed E-state index contributed by atoms with van der Waals surface area (Å²) in [5, 5.41) is 0.864. The van der Waals surface area contributed by atoms with E-state index in [0.29, 0.717) is 5.56 Å². The van der Waals surface area contributed by atoms with Crippen molar-refractivity contribution in [3.05, 3.63) is 35.2 Å². The molecule has 0 saturated carbocycles. The third-order valence-corrected chi connectivity index (χ3v) is 12.0. The minimum atomic E-state index is -4.19. The van der Waals surface area contributed by atoms with Gasteiger partial charge in [0, 0.05) is 0 Å². The summed E-state index contributed by atoms with van der Waals surface area (Å²) in [6, 6.07) is 5.43. The third-order valence-electron chi connectivity index (χ3n) is 3.79. The highest BCUT2D eigenvalue weighted by atomic mass is 32.2. The zero-order valence-electron chi connectivity index (χ0n) is 21.4. The fourth-order valence-corrected chi connectivity index (χ4v) is 9.71. The molecule has 1 rings (SSSR count). The average Bonchev–Trinajstić information content (AvgIpc) is 2.78. The van der Waals surface area contributed by atoms with E-state index in [2.05, 4.69) is 8.30 Å². The van der Waals surface area contributed by atoms with Crippen molar-refractivity contribution < 1.29 is 44.0 Å². The zero-order chi connectivity index (χ0) is 27.3. The molecule has 0 unspecified atom stereocenters. The van der Waals surface area contributed by atoms with Gasteiger partial charge >= 0.3 is 15.5 Å². The summed E-state index contributed by atoms with van der Waals surface area (Å²) in [5.41, 5.74) is 0.404. The molecular weight excluding hydrogens is 554 g/mol. The highest BCUT2D eigenvalue weighted by Crippen LogP contribution is 2.55. The second kappa shape index (κ2) is 15.5. The quantitative estimate of drug-likeness (QED) is 0.204. The Morgan fingerprint density at radius 3 is 1.36 bits per heavy atom. The summed E-state index contributed by atoms with van der Waals surface area (Å²) in [5.74, 6) is 0. The SMILES string of the molecule is CCOP(=NS(=O)(=O)/C=C/c1ccc(S(=O)(=O)N=P(OCC)(OCC)OCC)cc1)(OCC)OCC. The largest absolute Gasteiger partial charge is 0.371 e. The summed E-state index contributed by atoms with van der Waals surface area (Å²) in [6.07, 6.45) is 1.27. The summed E-state index contributed by atoms with van der Waals surface area (Å²) in [4.78, 5) is -0.135. The Morgan fingerprint density at radius 1 is 0.639 bits per heavy atom. The lowest BCUT2D eigenvalue weighted by molar-refractivity contribution is 0.163. The normalized spacial score (nSPS) is 13.3. The molecule has 12 nitrogen and oxygen atoms in total. The van der Waals surface area contributed by atoms with Crippen molar-refractivity contribution in [3.8, 4) is 0 Å². The van der Waals surface area contributed by atoms with E-state index in [1.807, 2.05) is 0 Å². The molecule has 0 heterocycles. The number of sulfonamides is 2. The highest BCUT2D eigenvalue weighted by Gasteiger charge is 2.28. The number of rotatable bonds is 17. The van der Waals surface area contributed by atoms with Crippen LogP contribution in [0.4, 0.5) is 0 Å². The van der Waals surface area contributed by atoms with Crippen LogP contribution in [-0.2, 0) is 47.2 Å². The number of hydrogen-bond donors (Lipinski definition) is 0. The van der Waals surface area contributed by atoms with Gasteiger partial charge in [-0.25, -0.2) is 0 Å². The first kappa shape index (κ1) is 33.1. The molecule has 36 heavy (non-hydrogen) atoms. The van der Waals surface area contributed by atoms with Gasteiger partial charge in [-0.3, -0.25) is 0 Å². The van der Waals surface area contributed by atoms with Crippen molar-refractivity contribution in [2.24, 2.45) is 8.30 Å². The monoisotopic (exact) mass is 590 g/mol. The lowest BCUT2D eigenvalue weighted by Gasteiger charge is -2.21. The van der Waals surface area contributed by atoms with Crippen molar-refractivity contribution in [2.45, 2.75) is 46.4 Å². The van der Waals surface area contributed by atoms with Gasteiger partial charge in [-0.05, 0) is 65.3 Å². The van der Waals surface area contributed by atoms with Gasteiger partial charge in [0.1, 0.15) is 0 Å². The smallest absolute Gasteiger partial charge is 0.302 e. The van der Waals surface area contributed by atoms with E-state index in [4.69, 9.17) is 27.1 Å². The summed E-state index contributed by atoms with van der Waals surface area (Å²) >= 11 is 0. The Labute approximate surface area is 215 Å². The fraction of sp³-hybridized carbons (Fsp3) is 0.600. The van der Waals surface area contributed by atoms with Crippen molar-refractivity contribution in [1.82, 2.24) is 0 Å². The average molecular weight is 591 g/mol. The predicted octanol–water partition coefficient (Wildman–Crippen LogP) is 5.79. The maximum Gasteiger partial charge on any atom is 0.371 e. The number of nitrogens with zero attached hydrogens (tertiary/aromatic N) is 2. The minimum absolute atomic E-state index is 0.135. The van der Waals surface area contributed by atoms with Crippen LogP contribution in [0.25, 0.3) is 6.08 Å². The van der Waals surface area contributed by atoms with E-state index >= 15 is 0 Å². The lowest BCUT2D eigenvalue weighted by Crippen LogP contribution is -2.05. The van der Waals surface area contributed by atoms with Crippen LogP contribution < -0.4 is 0 Å². The van der Waals surface area contributed by atoms with E-state index < -0.39 is 35.5 Å². The lowest BCUT2D eigenvalue weighted by atomic mass is 10.2. The molecule has 0 fully saturated rings. The second-order valence-corrected chi connectivity index (χ2v) is 13.9. The number of benzene rings is 1.